The van der Waals surface area contributed by atoms with Gasteiger partial charge in [0.1, 0.15) is 0 Å². The van der Waals surface area contributed by atoms with Crippen molar-refractivity contribution in [2.45, 2.75) is 19.9 Å². The molecule has 1 aliphatic heterocycles. The molecular formula is C14H15IN2O3S. The number of phenols is 1. The molecule has 1 aromatic carbocycles. The molecule has 7 heteroatoms. The number of carbonyl (C=O) groups is 1. The Bertz CT molecular complexity index is 658. The fraction of sp³-hybridized carbons (Fsp3) is 0.286. The quantitative estimate of drug-likeness (QED) is 0.518. The molecular weight excluding hydrogens is 403 g/mol. The largest absolute Gasteiger partial charge is 0.504 e. The second-order valence-electron chi connectivity index (χ2n) is 4.68. The molecule has 3 N–H and O–H groups in total. The number of benzene rings is 1. The van der Waals surface area contributed by atoms with Gasteiger partial charge in [-0.2, -0.15) is 0 Å². The average Bonchev–Trinajstić information content (AvgIpc) is 2.40. The van der Waals surface area contributed by atoms with Crippen LogP contribution in [0.2, 0.25) is 0 Å². The number of carbonyl (C=O) groups excluding carboxylic acids is 1. The monoisotopic (exact) mass is 418 g/mol. The predicted octanol–water partition coefficient (Wildman–Crippen LogP) is 2.39. The van der Waals surface area contributed by atoms with Crippen LogP contribution < -0.4 is 15.4 Å². The highest BCUT2D eigenvalue weighted by Crippen LogP contribution is 2.37. The van der Waals surface area contributed by atoms with Gasteiger partial charge in [0.25, 0.3) is 0 Å². The summed E-state index contributed by atoms with van der Waals surface area (Å²) in [6.07, 6.45) is 0. The summed E-state index contributed by atoms with van der Waals surface area (Å²) < 4.78 is 5.82. The number of ether oxygens (including phenoxy) is 1. The molecule has 112 valence electrons. The SMILES string of the molecule is COc1cc(C2NC(=S)NC(C)=C2C(C)=O)cc(I)c1O. The molecule has 0 aromatic heterocycles. The predicted molar refractivity (Wildman–Crippen MR) is 92.4 cm³/mol. The van der Waals surface area contributed by atoms with Gasteiger partial charge in [0.05, 0.1) is 16.7 Å². The van der Waals surface area contributed by atoms with E-state index in [0.29, 0.717) is 20.0 Å². The number of aromatic hydroxyl groups is 1. The van der Waals surface area contributed by atoms with Crippen molar-refractivity contribution in [1.29, 1.82) is 0 Å². The lowest BCUT2D eigenvalue weighted by Gasteiger charge is -2.30. The number of methoxy groups -OCH3 is 1. The highest BCUT2D eigenvalue weighted by atomic mass is 127. The van der Waals surface area contributed by atoms with Crippen LogP contribution in [0.15, 0.2) is 23.4 Å². The minimum atomic E-state index is -0.362. The molecule has 21 heavy (non-hydrogen) atoms. The number of rotatable bonds is 3. The first-order valence-electron chi connectivity index (χ1n) is 6.20. The molecule has 2 rings (SSSR count). The smallest absolute Gasteiger partial charge is 0.171 e. The first kappa shape index (κ1) is 16.0. The molecule has 0 fully saturated rings. The van der Waals surface area contributed by atoms with Gasteiger partial charge in [-0.05, 0) is 66.4 Å². The van der Waals surface area contributed by atoms with Gasteiger partial charge in [0, 0.05) is 11.3 Å². The minimum Gasteiger partial charge on any atom is -0.504 e. The summed E-state index contributed by atoms with van der Waals surface area (Å²) in [4.78, 5) is 11.9. The molecule has 0 aliphatic carbocycles. The van der Waals surface area contributed by atoms with E-state index in [1.807, 2.05) is 29.5 Å². The van der Waals surface area contributed by atoms with Crippen LogP contribution in [0.4, 0.5) is 0 Å². The van der Waals surface area contributed by atoms with Gasteiger partial charge < -0.3 is 20.5 Å². The zero-order chi connectivity index (χ0) is 15.7. The van der Waals surface area contributed by atoms with Crippen LogP contribution in [0.1, 0.15) is 25.5 Å². The Balaban J connectivity index is 2.58. The number of phenolic OH excluding ortho intramolecular Hbond substituents is 1. The van der Waals surface area contributed by atoms with Crippen LogP contribution in [0.5, 0.6) is 11.5 Å². The molecule has 0 saturated carbocycles. The number of nitrogens with one attached hydrogen (secondary N) is 2. The van der Waals surface area contributed by atoms with Crippen LogP contribution in [0.25, 0.3) is 0 Å². The molecule has 5 nitrogen and oxygen atoms in total. The minimum absolute atomic E-state index is 0.0398. The Labute approximate surface area is 141 Å². The van der Waals surface area contributed by atoms with Gasteiger partial charge in [0.15, 0.2) is 22.4 Å². The number of Topliss-reactive ketones (excluding diaryl/α,β-unsaturated/α-hetero) is 1. The number of hydrogen-bond donors (Lipinski definition) is 3. The number of ketones is 1. The number of halogens is 1. The molecule has 0 spiro atoms. The molecule has 1 heterocycles. The third-order valence-electron chi connectivity index (χ3n) is 3.25. The summed E-state index contributed by atoms with van der Waals surface area (Å²) in [6, 6.07) is 3.15. The van der Waals surface area contributed by atoms with E-state index in [1.54, 1.807) is 12.1 Å². The zero-order valence-electron chi connectivity index (χ0n) is 11.8. The second-order valence-corrected chi connectivity index (χ2v) is 6.25. The normalized spacial score (nSPS) is 18.1. The van der Waals surface area contributed by atoms with Gasteiger partial charge in [-0.3, -0.25) is 4.79 Å². The van der Waals surface area contributed by atoms with Crippen LogP contribution in [0.3, 0.4) is 0 Å². The topological polar surface area (TPSA) is 70.6 Å². The maximum atomic E-state index is 11.9. The van der Waals surface area contributed by atoms with Crippen molar-refractivity contribution in [3.63, 3.8) is 0 Å². The van der Waals surface area contributed by atoms with E-state index in [9.17, 15) is 9.90 Å². The van der Waals surface area contributed by atoms with Crippen LogP contribution in [-0.2, 0) is 4.79 Å². The number of hydrogen-bond acceptors (Lipinski definition) is 4. The van der Waals surface area contributed by atoms with Crippen molar-refractivity contribution in [2.24, 2.45) is 0 Å². The summed E-state index contributed by atoms with van der Waals surface area (Å²) >= 11 is 7.19. The fourth-order valence-electron chi connectivity index (χ4n) is 2.33. The van der Waals surface area contributed by atoms with E-state index in [4.69, 9.17) is 17.0 Å². The van der Waals surface area contributed by atoms with E-state index in [2.05, 4.69) is 10.6 Å². The molecule has 0 amide bonds. The Morgan fingerprint density at radius 3 is 2.71 bits per heavy atom. The summed E-state index contributed by atoms with van der Waals surface area (Å²) in [7, 11) is 1.49. The number of thiocarbonyl (C=S) groups is 1. The lowest BCUT2D eigenvalue weighted by Crippen LogP contribution is -2.44. The Morgan fingerprint density at radius 1 is 1.48 bits per heavy atom. The molecule has 1 aromatic rings. The molecule has 1 atom stereocenters. The standard InChI is InChI=1S/C14H15IN2O3S/c1-6-11(7(2)18)12(17-14(21)16-6)8-4-9(15)13(19)10(5-8)20-3/h4-5,12,19H,1-3H3,(H2,16,17,21). The van der Waals surface area contributed by atoms with Crippen LogP contribution in [-0.4, -0.2) is 23.1 Å². The Hall–Kier alpha value is -1.35. The molecule has 0 bridgehead atoms. The van der Waals surface area contributed by atoms with Crippen LogP contribution >= 0.6 is 34.8 Å². The summed E-state index contributed by atoms with van der Waals surface area (Å²) in [6.45, 7) is 3.34. The van der Waals surface area contributed by atoms with Crippen molar-refractivity contribution < 1.29 is 14.6 Å². The van der Waals surface area contributed by atoms with Crippen molar-refractivity contribution in [2.75, 3.05) is 7.11 Å². The maximum absolute atomic E-state index is 11.9. The van der Waals surface area contributed by atoms with Crippen molar-refractivity contribution in [3.05, 3.63) is 32.5 Å². The molecule has 0 radical (unpaired) electrons. The second kappa shape index (κ2) is 6.18. The van der Waals surface area contributed by atoms with Gasteiger partial charge in [0.2, 0.25) is 0 Å². The maximum Gasteiger partial charge on any atom is 0.171 e. The van der Waals surface area contributed by atoms with Gasteiger partial charge in [-0.15, -0.1) is 0 Å². The third-order valence-corrected chi connectivity index (χ3v) is 4.29. The van der Waals surface area contributed by atoms with Gasteiger partial charge >= 0.3 is 0 Å². The Kier molecular flexibility index (Phi) is 4.72. The molecule has 1 unspecified atom stereocenters. The van der Waals surface area contributed by atoms with Crippen molar-refractivity contribution in [3.8, 4) is 11.5 Å². The lowest BCUT2D eigenvalue weighted by molar-refractivity contribution is -0.114. The summed E-state index contributed by atoms with van der Waals surface area (Å²) in [5.41, 5.74) is 2.16. The first-order chi connectivity index (χ1) is 9.85. The molecule has 1 aliphatic rings. The van der Waals surface area contributed by atoms with Crippen molar-refractivity contribution in [1.82, 2.24) is 10.6 Å². The van der Waals surface area contributed by atoms with Gasteiger partial charge in [-0.25, -0.2) is 0 Å². The van der Waals surface area contributed by atoms with E-state index < -0.39 is 0 Å². The number of allylic oxidation sites excluding steroid dienone is 1. The first-order valence-corrected chi connectivity index (χ1v) is 7.69. The van der Waals surface area contributed by atoms with E-state index in [0.717, 1.165) is 11.3 Å². The molecule has 0 saturated heterocycles. The van der Waals surface area contributed by atoms with E-state index >= 15 is 0 Å². The highest BCUT2D eigenvalue weighted by molar-refractivity contribution is 14.1. The zero-order valence-corrected chi connectivity index (χ0v) is 14.8. The van der Waals surface area contributed by atoms with E-state index in [1.165, 1.54) is 14.0 Å². The van der Waals surface area contributed by atoms with Gasteiger partial charge in [-0.1, -0.05) is 0 Å². The lowest BCUT2D eigenvalue weighted by atomic mass is 9.93. The summed E-state index contributed by atoms with van der Waals surface area (Å²) in [5.74, 6) is 0.411. The van der Waals surface area contributed by atoms with Crippen molar-refractivity contribution >= 4 is 45.7 Å². The van der Waals surface area contributed by atoms with Crippen LogP contribution in [0, 0.1) is 3.57 Å². The summed E-state index contributed by atoms with van der Waals surface area (Å²) in [5, 5.41) is 16.4. The average molecular weight is 418 g/mol. The Morgan fingerprint density at radius 2 is 2.14 bits per heavy atom. The van der Waals surface area contributed by atoms with E-state index in [-0.39, 0.29) is 17.6 Å². The third kappa shape index (κ3) is 3.13. The highest BCUT2D eigenvalue weighted by Gasteiger charge is 2.28. The fourth-order valence-corrected chi connectivity index (χ4v) is 3.22.